The lowest BCUT2D eigenvalue weighted by Crippen LogP contribution is -3.11. The van der Waals surface area contributed by atoms with E-state index in [1.807, 2.05) is 6.07 Å². The predicted molar refractivity (Wildman–Crippen MR) is 68.3 cm³/mol. The first-order chi connectivity index (χ1) is 8.54. The second-order valence-electron chi connectivity index (χ2n) is 4.18. The molecule has 1 N–H and O–H groups in total. The highest BCUT2D eigenvalue weighted by Crippen LogP contribution is 2.07. The molecule has 1 aliphatic heterocycles. The van der Waals surface area contributed by atoms with Gasteiger partial charge in [0, 0.05) is 9.94 Å². The Balaban J connectivity index is 0.00000180. The SMILES string of the molecule is C[NH+]1CC(=O)OB(c2cccc(Br)c2)OC(=O)C1.[I-]. The summed E-state index contributed by atoms with van der Waals surface area (Å²) in [5, 5.41) is 0. The molecule has 5 nitrogen and oxygen atoms in total. The quantitative estimate of drug-likeness (QED) is 0.356. The van der Waals surface area contributed by atoms with Crippen LogP contribution in [0.15, 0.2) is 28.7 Å². The molecular weight excluding hydrogens is 428 g/mol. The summed E-state index contributed by atoms with van der Waals surface area (Å²) in [4.78, 5) is 23.9. The molecule has 8 heteroatoms. The van der Waals surface area contributed by atoms with Gasteiger partial charge in [0.2, 0.25) is 0 Å². The molecule has 19 heavy (non-hydrogen) atoms. The molecule has 0 unspecified atom stereocenters. The zero-order chi connectivity index (χ0) is 13.1. The summed E-state index contributed by atoms with van der Waals surface area (Å²) in [5.41, 5.74) is 0.630. The summed E-state index contributed by atoms with van der Waals surface area (Å²) in [6, 6.07) is 7.13. The molecule has 0 aromatic heterocycles. The second-order valence-corrected chi connectivity index (χ2v) is 5.09. The van der Waals surface area contributed by atoms with Crippen molar-refractivity contribution in [2.75, 3.05) is 20.1 Å². The molecule has 1 fully saturated rings. The highest BCUT2D eigenvalue weighted by molar-refractivity contribution is 9.10. The first-order valence-electron chi connectivity index (χ1n) is 5.50. The van der Waals surface area contributed by atoms with E-state index in [1.165, 1.54) is 0 Å². The van der Waals surface area contributed by atoms with Gasteiger partial charge in [-0.1, -0.05) is 28.1 Å². The number of halogens is 2. The lowest BCUT2D eigenvalue weighted by Gasteiger charge is -2.20. The van der Waals surface area contributed by atoms with Crippen molar-refractivity contribution < 1.29 is 47.8 Å². The average Bonchev–Trinajstić information content (AvgIpc) is 2.25. The van der Waals surface area contributed by atoms with Crippen molar-refractivity contribution in [3.05, 3.63) is 28.7 Å². The molecule has 1 heterocycles. The van der Waals surface area contributed by atoms with E-state index in [2.05, 4.69) is 15.9 Å². The number of carbonyl (C=O) groups excluding carboxylic acids is 2. The van der Waals surface area contributed by atoms with Gasteiger partial charge in [-0.15, -0.1) is 0 Å². The molecule has 2 rings (SSSR count). The maximum atomic E-state index is 11.6. The van der Waals surface area contributed by atoms with Crippen molar-refractivity contribution in [3.8, 4) is 0 Å². The van der Waals surface area contributed by atoms with Crippen LogP contribution in [0.2, 0.25) is 0 Å². The fraction of sp³-hybridized carbons (Fsp3) is 0.273. The molecule has 0 bridgehead atoms. The molecule has 0 spiro atoms. The molecule has 1 saturated heterocycles. The van der Waals surface area contributed by atoms with Crippen molar-refractivity contribution in [2.24, 2.45) is 0 Å². The van der Waals surface area contributed by atoms with Gasteiger partial charge in [-0.25, -0.2) is 9.59 Å². The van der Waals surface area contributed by atoms with E-state index in [0.717, 1.165) is 9.37 Å². The van der Waals surface area contributed by atoms with Crippen LogP contribution in [0.4, 0.5) is 0 Å². The number of quaternary nitrogens is 1. The fourth-order valence-corrected chi connectivity index (χ4v) is 2.11. The Morgan fingerprint density at radius 1 is 1.21 bits per heavy atom. The van der Waals surface area contributed by atoms with Crippen LogP contribution in [-0.4, -0.2) is 39.2 Å². The van der Waals surface area contributed by atoms with Gasteiger partial charge in [0.25, 0.3) is 0 Å². The van der Waals surface area contributed by atoms with Gasteiger partial charge >= 0.3 is 19.1 Å². The Labute approximate surface area is 136 Å². The Hall–Kier alpha value is -0.605. The zero-order valence-electron chi connectivity index (χ0n) is 10.2. The first-order valence-corrected chi connectivity index (χ1v) is 6.29. The van der Waals surface area contributed by atoms with Crippen LogP contribution in [0.3, 0.4) is 0 Å². The van der Waals surface area contributed by atoms with Gasteiger partial charge in [0.15, 0.2) is 13.1 Å². The zero-order valence-corrected chi connectivity index (χ0v) is 13.9. The summed E-state index contributed by atoms with van der Waals surface area (Å²) in [6.07, 6.45) is 0. The third-order valence-electron chi connectivity index (χ3n) is 2.49. The average molecular weight is 440 g/mol. The van der Waals surface area contributed by atoms with Crippen molar-refractivity contribution in [2.45, 2.75) is 0 Å². The van der Waals surface area contributed by atoms with Crippen molar-refractivity contribution in [3.63, 3.8) is 0 Å². The highest BCUT2D eigenvalue weighted by atomic mass is 127. The number of nitrogens with one attached hydrogen (secondary N) is 1. The highest BCUT2D eigenvalue weighted by Gasteiger charge is 2.35. The molecule has 0 amide bonds. The lowest BCUT2D eigenvalue weighted by atomic mass is 9.78. The molecule has 1 aromatic rings. The van der Waals surface area contributed by atoms with Gasteiger partial charge in [0.05, 0.1) is 7.05 Å². The van der Waals surface area contributed by atoms with Crippen LogP contribution in [0, 0.1) is 0 Å². The van der Waals surface area contributed by atoms with Crippen LogP contribution < -0.4 is 34.3 Å². The van der Waals surface area contributed by atoms with Gasteiger partial charge in [-0.2, -0.15) is 0 Å². The van der Waals surface area contributed by atoms with Gasteiger partial charge in [-0.05, 0) is 12.1 Å². The molecule has 102 valence electrons. The summed E-state index contributed by atoms with van der Waals surface area (Å²) < 4.78 is 11.1. The molecule has 0 saturated carbocycles. The third-order valence-corrected chi connectivity index (χ3v) is 2.98. The fourth-order valence-electron chi connectivity index (χ4n) is 1.69. The number of benzene rings is 1. The largest absolute Gasteiger partial charge is 1.00 e. The van der Waals surface area contributed by atoms with Crippen molar-refractivity contribution >= 4 is 40.4 Å². The van der Waals surface area contributed by atoms with E-state index >= 15 is 0 Å². The molecule has 1 aliphatic rings. The standard InChI is InChI=1S/C11H11BBrNO4.HI/c1-14-6-10(15)17-12(18-11(16)7-14)8-3-2-4-9(13)5-8;/h2-5H,6-7H2,1H3;1H. The van der Waals surface area contributed by atoms with E-state index in [1.54, 1.807) is 25.2 Å². The number of hydrogen-bond donors (Lipinski definition) is 1. The third kappa shape index (κ3) is 4.77. The van der Waals surface area contributed by atoms with E-state index < -0.39 is 7.12 Å². The van der Waals surface area contributed by atoms with E-state index in [9.17, 15) is 9.59 Å². The van der Waals surface area contributed by atoms with Crippen molar-refractivity contribution in [1.82, 2.24) is 0 Å². The Morgan fingerprint density at radius 3 is 2.32 bits per heavy atom. The smallest absolute Gasteiger partial charge is 0.636 e. The first kappa shape index (κ1) is 16.4. The Bertz CT molecular complexity index is 468. The van der Waals surface area contributed by atoms with E-state index in [0.29, 0.717) is 5.46 Å². The van der Waals surface area contributed by atoms with E-state index in [4.69, 9.17) is 9.31 Å². The number of rotatable bonds is 1. The number of likely N-dealkylation sites (N-methyl/N-ethyl adjacent to an activating group) is 1. The Kier molecular flexibility index (Phi) is 6.28. The van der Waals surface area contributed by atoms with Gasteiger partial charge in [-0.3, -0.25) is 0 Å². The molecule has 1 aromatic carbocycles. The number of carbonyl (C=O) groups is 2. The molecule has 0 radical (unpaired) electrons. The second kappa shape index (κ2) is 7.25. The lowest BCUT2D eigenvalue weighted by molar-refractivity contribution is -0.864. The van der Waals surface area contributed by atoms with Crippen molar-refractivity contribution in [1.29, 1.82) is 0 Å². The molecule has 0 aliphatic carbocycles. The predicted octanol–water partition coefficient (Wildman–Crippen LogP) is -4.24. The minimum atomic E-state index is -0.962. The van der Waals surface area contributed by atoms with Gasteiger partial charge in [0.1, 0.15) is 0 Å². The summed E-state index contributed by atoms with van der Waals surface area (Å²) >= 11 is 3.32. The van der Waals surface area contributed by atoms with Crippen LogP contribution >= 0.6 is 15.9 Å². The van der Waals surface area contributed by atoms with Crippen LogP contribution in [-0.2, 0) is 18.9 Å². The summed E-state index contributed by atoms with van der Waals surface area (Å²) in [5.74, 6) is -0.769. The van der Waals surface area contributed by atoms with E-state index in [-0.39, 0.29) is 49.0 Å². The summed E-state index contributed by atoms with van der Waals surface area (Å²) in [7, 11) is 0.776. The maximum absolute atomic E-state index is 11.6. The maximum Gasteiger partial charge on any atom is 0.636 e. The molecule has 0 atom stereocenters. The van der Waals surface area contributed by atoms with Crippen LogP contribution in [0.5, 0.6) is 0 Å². The topological polar surface area (TPSA) is 57.0 Å². The molecular formula is C11H12BBrINO4. The van der Waals surface area contributed by atoms with Crippen LogP contribution in [0.25, 0.3) is 0 Å². The Morgan fingerprint density at radius 2 is 1.79 bits per heavy atom. The minimum Gasteiger partial charge on any atom is -1.00 e. The van der Waals surface area contributed by atoms with Crippen LogP contribution in [0.1, 0.15) is 0 Å². The monoisotopic (exact) mass is 439 g/mol. The minimum absolute atomic E-state index is 0. The normalized spacial score (nSPS) is 16.8. The summed E-state index contributed by atoms with van der Waals surface area (Å²) in [6.45, 7) is 0.305. The number of hydrogen-bond acceptors (Lipinski definition) is 4. The van der Waals surface area contributed by atoms with Gasteiger partial charge < -0.3 is 38.2 Å².